The lowest BCUT2D eigenvalue weighted by Crippen LogP contribution is -2.17. The highest BCUT2D eigenvalue weighted by Gasteiger charge is 2.16. The first-order chi connectivity index (χ1) is 12.0. The number of rotatable bonds is 4. The fraction of sp³-hybridized carbons (Fsp3) is 0.0556. The molecule has 0 aliphatic carbocycles. The van der Waals surface area contributed by atoms with Crippen LogP contribution < -0.4 is 10.6 Å². The van der Waals surface area contributed by atoms with E-state index in [9.17, 15) is 13.6 Å². The van der Waals surface area contributed by atoms with Gasteiger partial charge < -0.3 is 10.6 Å². The Labute approximate surface area is 142 Å². The Morgan fingerprint density at radius 1 is 0.960 bits per heavy atom. The van der Waals surface area contributed by atoms with Crippen molar-refractivity contribution in [3.63, 3.8) is 0 Å². The van der Waals surface area contributed by atoms with Crippen LogP contribution in [0.3, 0.4) is 0 Å². The molecule has 3 rings (SSSR count). The smallest absolute Gasteiger partial charge is 0.274 e. The van der Waals surface area contributed by atoms with Crippen molar-refractivity contribution in [1.82, 2.24) is 9.97 Å². The minimum Gasteiger partial charge on any atom is -0.340 e. The highest BCUT2D eigenvalue weighted by atomic mass is 19.1. The molecule has 0 aliphatic rings. The van der Waals surface area contributed by atoms with Crippen LogP contribution in [0.4, 0.5) is 26.0 Å². The van der Waals surface area contributed by atoms with E-state index in [1.165, 1.54) is 12.1 Å². The number of amides is 1. The summed E-state index contributed by atoms with van der Waals surface area (Å²) in [6.45, 7) is 1.62. The van der Waals surface area contributed by atoms with Gasteiger partial charge in [0.1, 0.15) is 34.7 Å². The molecule has 25 heavy (non-hydrogen) atoms. The van der Waals surface area contributed by atoms with Gasteiger partial charge in [-0.3, -0.25) is 4.79 Å². The predicted octanol–water partition coefficient (Wildman–Crippen LogP) is 4.06. The second kappa shape index (κ2) is 7.04. The molecule has 0 radical (unpaired) electrons. The molecule has 0 aliphatic heterocycles. The number of anilines is 3. The number of nitrogens with one attached hydrogen (secondary N) is 2. The number of hydrogen-bond acceptors (Lipinski definition) is 4. The maximum atomic E-state index is 13.7. The summed E-state index contributed by atoms with van der Waals surface area (Å²) in [5.74, 6) is -1.70. The molecule has 5 nitrogen and oxygen atoms in total. The van der Waals surface area contributed by atoms with Crippen molar-refractivity contribution in [2.75, 3.05) is 10.6 Å². The molecular weight excluding hydrogens is 326 g/mol. The molecule has 1 amide bonds. The van der Waals surface area contributed by atoms with Gasteiger partial charge in [-0.25, -0.2) is 18.7 Å². The fourth-order valence-corrected chi connectivity index (χ4v) is 2.21. The summed E-state index contributed by atoms with van der Waals surface area (Å²) in [4.78, 5) is 20.5. The maximum Gasteiger partial charge on any atom is 0.274 e. The number of aryl methyl sites for hydroxylation is 1. The number of halogens is 2. The van der Waals surface area contributed by atoms with Crippen molar-refractivity contribution >= 4 is 23.1 Å². The average Bonchev–Trinajstić information content (AvgIpc) is 2.58. The lowest BCUT2D eigenvalue weighted by Gasteiger charge is -2.10. The van der Waals surface area contributed by atoms with Crippen LogP contribution in [0.5, 0.6) is 0 Å². The Balaban J connectivity index is 1.85. The van der Waals surface area contributed by atoms with Crippen LogP contribution in [0.2, 0.25) is 0 Å². The van der Waals surface area contributed by atoms with Gasteiger partial charge in [-0.2, -0.15) is 0 Å². The maximum absolute atomic E-state index is 13.7. The Bertz CT molecular complexity index is 896. The average molecular weight is 340 g/mol. The Morgan fingerprint density at radius 3 is 2.32 bits per heavy atom. The third-order valence-corrected chi connectivity index (χ3v) is 3.32. The molecule has 0 saturated heterocycles. The van der Waals surface area contributed by atoms with Gasteiger partial charge in [0.25, 0.3) is 5.91 Å². The Morgan fingerprint density at radius 2 is 1.64 bits per heavy atom. The van der Waals surface area contributed by atoms with E-state index in [-0.39, 0.29) is 5.69 Å². The molecule has 7 heteroatoms. The van der Waals surface area contributed by atoms with E-state index in [0.29, 0.717) is 11.6 Å². The molecule has 0 atom stereocenters. The van der Waals surface area contributed by atoms with Crippen molar-refractivity contribution in [3.8, 4) is 0 Å². The molecule has 0 bridgehead atoms. The topological polar surface area (TPSA) is 66.9 Å². The summed E-state index contributed by atoms with van der Waals surface area (Å²) < 4.78 is 27.3. The normalized spacial score (nSPS) is 10.4. The summed E-state index contributed by atoms with van der Waals surface area (Å²) in [5, 5.41) is 5.25. The Kier molecular flexibility index (Phi) is 4.65. The highest BCUT2D eigenvalue weighted by molar-refractivity contribution is 6.03. The van der Waals surface area contributed by atoms with Crippen LogP contribution in [0.15, 0.2) is 54.6 Å². The zero-order valence-corrected chi connectivity index (χ0v) is 13.3. The van der Waals surface area contributed by atoms with Crippen LogP contribution in [-0.4, -0.2) is 15.9 Å². The molecule has 0 unspecified atom stereocenters. The van der Waals surface area contributed by atoms with Gasteiger partial charge in [0, 0.05) is 11.8 Å². The van der Waals surface area contributed by atoms with Crippen LogP contribution in [0.1, 0.15) is 16.3 Å². The van der Waals surface area contributed by atoms with Crippen molar-refractivity contribution in [3.05, 3.63) is 77.8 Å². The van der Waals surface area contributed by atoms with Crippen LogP contribution in [-0.2, 0) is 0 Å². The minimum absolute atomic E-state index is 0.00594. The molecule has 3 aromatic rings. The Hall–Kier alpha value is -3.35. The van der Waals surface area contributed by atoms with E-state index in [0.717, 1.165) is 17.8 Å². The molecule has 1 heterocycles. The number of aromatic nitrogens is 2. The third-order valence-electron chi connectivity index (χ3n) is 3.32. The molecule has 0 saturated carbocycles. The second-order valence-electron chi connectivity index (χ2n) is 5.23. The number of hydrogen-bond donors (Lipinski definition) is 2. The lowest BCUT2D eigenvalue weighted by molar-refractivity contribution is 0.102. The third kappa shape index (κ3) is 3.95. The molecule has 2 aromatic carbocycles. The van der Waals surface area contributed by atoms with Crippen LogP contribution in [0, 0.1) is 18.6 Å². The molecule has 126 valence electrons. The largest absolute Gasteiger partial charge is 0.340 e. The monoisotopic (exact) mass is 340 g/mol. The van der Waals surface area contributed by atoms with Crippen LogP contribution >= 0.6 is 0 Å². The minimum atomic E-state index is -0.859. The van der Waals surface area contributed by atoms with Gasteiger partial charge in [0.2, 0.25) is 0 Å². The molecular formula is C18H14F2N4O. The van der Waals surface area contributed by atoms with E-state index in [2.05, 4.69) is 20.6 Å². The summed E-state index contributed by atoms with van der Waals surface area (Å²) >= 11 is 0. The molecule has 2 N–H and O–H groups in total. The first kappa shape index (κ1) is 16.5. The lowest BCUT2D eigenvalue weighted by atomic mass is 10.2. The second-order valence-corrected chi connectivity index (χ2v) is 5.23. The first-order valence-corrected chi connectivity index (χ1v) is 7.46. The summed E-state index contributed by atoms with van der Waals surface area (Å²) in [5.41, 5.74) is 0.266. The highest BCUT2D eigenvalue weighted by Crippen LogP contribution is 2.20. The quantitative estimate of drug-likeness (QED) is 0.752. The van der Waals surface area contributed by atoms with E-state index in [4.69, 9.17) is 0 Å². The number of benzene rings is 2. The van der Waals surface area contributed by atoms with E-state index in [1.807, 2.05) is 30.3 Å². The molecule has 0 fully saturated rings. The van der Waals surface area contributed by atoms with Gasteiger partial charge in [0.05, 0.1) is 0 Å². The molecule has 1 aromatic heterocycles. The predicted molar refractivity (Wildman–Crippen MR) is 90.8 cm³/mol. The van der Waals surface area contributed by atoms with E-state index >= 15 is 0 Å². The van der Waals surface area contributed by atoms with E-state index in [1.54, 1.807) is 6.92 Å². The zero-order valence-electron chi connectivity index (χ0n) is 13.3. The van der Waals surface area contributed by atoms with Gasteiger partial charge in [-0.1, -0.05) is 24.3 Å². The van der Waals surface area contributed by atoms with Crippen molar-refractivity contribution in [2.24, 2.45) is 0 Å². The van der Waals surface area contributed by atoms with Gasteiger partial charge in [-0.05, 0) is 31.2 Å². The number of carbonyl (C=O) groups excluding carboxylic acids is 1. The first-order valence-electron chi connectivity index (χ1n) is 7.46. The summed E-state index contributed by atoms with van der Waals surface area (Å²) in [7, 11) is 0. The number of carbonyl (C=O) groups is 1. The van der Waals surface area contributed by atoms with Gasteiger partial charge in [0.15, 0.2) is 0 Å². The van der Waals surface area contributed by atoms with Crippen LogP contribution in [0.25, 0.3) is 0 Å². The van der Waals surface area contributed by atoms with Crippen molar-refractivity contribution in [1.29, 1.82) is 0 Å². The SMILES string of the molecule is Cc1nc(Nc2ccccc2)cc(C(=O)Nc2c(F)cccc2F)n1. The van der Waals surface area contributed by atoms with E-state index < -0.39 is 23.2 Å². The summed E-state index contributed by atoms with van der Waals surface area (Å²) in [6, 6.07) is 14.0. The number of nitrogens with zero attached hydrogens (tertiary/aromatic N) is 2. The summed E-state index contributed by atoms with van der Waals surface area (Å²) in [6.07, 6.45) is 0. The van der Waals surface area contributed by atoms with Gasteiger partial charge >= 0.3 is 0 Å². The van der Waals surface area contributed by atoms with Gasteiger partial charge in [-0.15, -0.1) is 0 Å². The zero-order chi connectivity index (χ0) is 17.8. The molecule has 0 spiro atoms. The standard InChI is InChI=1S/C18H14F2N4O/c1-11-21-15(10-16(22-11)23-12-6-3-2-4-7-12)18(25)24-17-13(19)8-5-9-14(17)20/h2-10H,1H3,(H,24,25)(H,21,22,23). The van der Waals surface area contributed by atoms with Crippen molar-refractivity contribution in [2.45, 2.75) is 6.92 Å². The van der Waals surface area contributed by atoms with Crippen molar-refractivity contribution < 1.29 is 13.6 Å². The number of para-hydroxylation sites is 2. The fourth-order valence-electron chi connectivity index (χ4n) is 2.21.